The molecule has 1 N–H and O–H groups in total. The molecule has 0 atom stereocenters. The summed E-state index contributed by atoms with van der Waals surface area (Å²) >= 11 is 0. The lowest BCUT2D eigenvalue weighted by Gasteiger charge is -2.11. The van der Waals surface area contributed by atoms with Gasteiger partial charge in [0.25, 0.3) is 0 Å². The van der Waals surface area contributed by atoms with Gasteiger partial charge < -0.3 is 14.6 Å². The Morgan fingerprint density at radius 3 is 2.70 bits per heavy atom. The molecule has 2 aromatic rings. The Morgan fingerprint density at radius 2 is 2.04 bits per heavy atom. The van der Waals surface area contributed by atoms with Crippen molar-refractivity contribution in [2.75, 3.05) is 13.2 Å². The van der Waals surface area contributed by atoms with Gasteiger partial charge in [-0.15, -0.1) is 0 Å². The van der Waals surface area contributed by atoms with Crippen molar-refractivity contribution in [3.05, 3.63) is 42.1 Å². The number of aromatic nitrogens is 1. The fourth-order valence-corrected chi connectivity index (χ4v) is 2.50. The van der Waals surface area contributed by atoms with Gasteiger partial charge in [0.15, 0.2) is 5.76 Å². The maximum absolute atomic E-state index is 12.4. The number of ether oxygens (including phenoxy) is 1. The molecule has 1 amide bonds. The minimum atomic E-state index is -0.678. The van der Waals surface area contributed by atoms with Crippen LogP contribution in [-0.4, -0.2) is 30.2 Å². The number of benzene rings is 1. The van der Waals surface area contributed by atoms with E-state index in [1.165, 1.54) is 0 Å². The first-order valence-electron chi connectivity index (χ1n) is 7.62. The van der Waals surface area contributed by atoms with Crippen LogP contribution < -0.4 is 5.32 Å². The largest absolute Gasteiger partial charge is 0.465 e. The highest BCUT2D eigenvalue weighted by atomic mass is 16.5. The number of hydrogen-bond acceptors (Lipinski definition) is 5. The van der Waals surface area contributed by atoms with Crippen LogP contribution in [-0.2, 0) is 19.7 Å². The molecule has 0 spiro atoms. The fraction of sp³-hybridized carbons (Fsp3) is 0.353. The Hall–Kier alpha value is -2.63. The molecule has 0 bridgehead atoms. The highest BCUT2D eigenvalue weighted by molar-refractivity contribution is 5.93. The van der Waals surface area contributed by atoms with Gasteiger partial charge in [-0.25, -0.2) is 0 Å². The summed E-state index contributed by atoms with van der Waals surface area (Å²) in [7, 11) is 0. The molecule has 3 rings (SSSR count). The van der Waals surface area contributed by atoms with Crippen molar-refractivity contribution >= 4 is 11.9 Å². The lowest BCUT2D eigenvalue weighted by Crippen LogP contribution is -2.38. The second-order valence-electron chi connectivity index (χ2n) is 5.51. The van der Waals surface area contributed by atoms with E-state index >= 15 is 0 Å². The monoisotopic (exact) mass is 314 g/mol. The van der Waals surface area contributed by atoms with Crippen LogP contribution in [0.25, 0.3) is 11.3 Å². The fourth-order valence-electron chi connectivity index (χ4n) is 2.50. The number of rotatable bonds is 6. The third-order valence-corrected chi connectivity index (χ3v) is 3.94. The molecule has 1 aromatic carbocycles. The van der Waals surface area contributed by atoms with E-state index in [2.05, 4.69) is 10.5 Å². The number of esters is 1. The molecule has 6 nitrogen and oxygen atoms in total. The molecule has 0 aliphatic heterocycles. The zero-order chi connectivity index (χ0) is 16.3. The molecule has 1 saturated carbocycles. The Labute approximate surface area is 133 Å². The lowest BCUT2D eigenvalue weighted by atomic mass is 10.0. The topological polar surface area (TPSA) is 81.4 Å². The van der Waals surface area contributed by atoms with Crippen molar-refractivity contribution in [1.29, 1.82) is 0 Å². The molecule has 1 aliphatic rings. The molecule has 0 saturated heterocycles. The third kappa shape index (κ3) is 3.11. The molecule has 6 heteroatoms. The first kappa shape index (κ1) is 15.3. The van der Waals surface area contributed by atoms with Crippen LogP contribution in [0.5, 0.6) is 0 Å². The van der Waals surface area contributed by atoms with Crippen LogP contribution in [0.1, 0.15) is 25.5 Å². The van der Waals surface area contributed by atoms with Crippen molar-refractivity contribution in [2.45, 2.75) is 25.2 Å². The molecule has 1 heterocycles. The van der Waals surface area contributed by atoms with Gasteiger partial charge in [0, 0.05) is 11.6 Å². The van der Waals surface area contributed by atoms with E-state index in [1.807, 2.05) is 30.3 Å². The van der Waals surface area contributed by atoms with Crippen molar-refractivity contribution in [3.63, 3.8) is 0 Å². The van der Waals surface area contributed by atoms with Gasteiger partial charge in [-0.05, 0) is 19.8 Å². The number of nitrogens with one attached hydrogen (secondary N) is 1. The second-order valence-corrected chi connectivity index (χ2v) is 5.51. The summed E-state index contributed by atoms with van der Waals surface area (Å²) in [6, 6.07) is 11.4. The number of carbonyl (C=O) groups is 2. The van der Waals surface area contributed by atoms with Crippen LogP contribution >= 0.6 is 0 Å². The highest BCUT2D eigenvalue weighted by Crippen LogP contribution is 2.48. The maximum Gasteiger partial charge on any atom is 0.325 e. The highest BCUT2D eigenvalue weighted by Gasteiger charge is 2.53. The summed E-state index contributed by atoms with van der Waals surface area (Å²) in [5.41, 5.74) is 0.843. The zero-order valence-electron chi connectivity index (χ0n) is 12.9. The van der Waals surface area contributed by atoms with Crippen LogP contribution in [0.3, 0.4) is 0 Å². The number of amides is 1. The van der Waals surface area contributed by atoms with E-state index in [0.717, 1.165) is 5.56 Å². The summed E-state index contributed by atoms with van der Waals surface area (Å²) in [4.78, 5) is 23.7. The Morgan fingerprint density at radius 1 is 1.30 bits per heavy atom. The number of nitrogens with zero attached hydrogens (tertiary/aromatic N) is 1. The van der Waals surface area contributed by atoms with Crippen LogP contribution in [0, 0.1) is 0 Å². The second kappa shape index (κ2) is 6.24. The predicted molar refractivity (Wildman–Crippen MR) is 82.5 cm³/mol. The predicted octanol–water partition coefficient (Wildman–Crippen LogP) is 2.05. The molecular formula is C17H18N2O4. The summed E-state index contributed by atoms with van der Waals surface area (Å²) in [6.07, 6.45) is 1.39. The van der Waals surface area contributed by atoms with Gasteiger partial charge in [0.05, 0.1) is 17.7 Å². The van der Waals surface area contributed by atoms with Crippen LogP contribution in [0.15, 0.2) is 40.9 Å². The molecule has 0 unspecified atom stereocenters. The van der Waals surface area contributed by atoms with Gasteiger partial charge in [0.1, 0.15) is 6.54 Å². The first-order chi connectivity index (χ1) is 11.2. The minimum absolute atomic E-state index is 0.127. The van der Waals surface area contributed by atoms with E-state index in [-0.39, 0.29) is 12.5 Å². The quantitative estimate of drug-likeness (QED) is 0.825. The zero-order valence-corrected chi connectivity index (χ0v) is 12.9. The molecule has 1 aromatic heterocycles. The van der Waals surface area contributed by atoms with Gasteiger partial charge >= 0.3 is 5.97 Å². The molecule has 23 heavy (non-hydrogen) atoms. The van der Waals surface area contributed by atoms with Crippen molar-refractivity contribution in [2.24, 2.45) is 0 Å². The summed E-state index contributed by atoms with van der Waals surface area (Å²) in [5, 5.41) is 6.68. The molecule has 1 aliphatic carbocycles. The van der Waals surface area contributed by atoms with Gasteiger partial charge in [-0.3, -0.25) is 9.59 Å². The molecule has 0 radical (unpaired) electrons. The number of carbonyl (C=O) groups excluding carboxylic acids is 2. The minimum Gasteiger partial charge on any atom is -0.465 e. The lowest BCUT2D eigenvalue weighted by molar-refractivity contribution is -0.143. The van der Waals surface area contributed by atoms with E-state index in [4.69, 9.17) is 9.26 Å². The maximum atomic E-state index is 12.4. The smallest absolute Gasteiger partial charge is 0.325 e. The summed E-state index contributed by atoms with van der Waals surface area (Å²) in [5.74, 6) is -0.0229. The van der Waals surface area contributed by atoms with E-state index in [9.17, 15) is 9.59 Å². The van der Waals surface area contributed by atoms with Crippen LogP contribution in [0.4, 0.5) is 0 Å². The summed E-state index contributed by atoms with van der Waals surface area (Å²) < 4.78 is 10.2. The van der Waals surface area contributed by atoms with Crippen molar-refractivity contribution < 1.29 is 18.8 Å². The number of hydrogen-bond donors (Lipinski definition) is 1. The van der Waals surface area contributed by atoms with Crippen molar-refractivity contribution in [1.82, 2.24) is 10.5 Å². The van der Waals surface area contributed by atoms with E-state index < -0.39 is 11.4 Å². The SMILES string of the molecule is CCOC(=O)CNC(=O)C1(c2cc(-c3ccccc3)on2)CC1. The standard InChI is InChI=1S/C17H18N2O4/c1-2-22-15(20)11-18-16(21)17(8-9-17)14-10-13(23-19-14)12-6-4-3-5-7-12/h3-7,10H,2,8-9,11H2,1H3,(H,18,21). The average Bonchev–Trinajstić information content (AvgIpc) is 3.24. The van der Waals surface area contributed by atoms with Crippen molar-refractivity contribution in [3.8, 4) is 11.3 Å². The van der Waals surface area contributed by atoms with Gasteiger partial charge in [-0.2, -0.15) is 0 Å². The third-order valence-electron chi connectivity index (χ3n) is 3.94. The van der Waals surface area contributed by atoms with Crippen LogP contribution in [0.2, 0.25) is 0 Å². The molecule has 1 fully saturated rings. The van der Waals surface area contributed by atoms with Gasteiger partial charge in [-0.1, -0.05) is 35.5 Å². The molecule has 120 valence electrons. The Bertz CT molecular complexity index is 704. The molecular weight excluding hydrogens is 296 g/mol. The first-order valence-corrected chi connectivity index (χ1v) is 7.62. The van der Waals surface area contributed by atoms with E-state index in [0.29, 0.717) is 30.9 Å². The van der Waals surface area contributed by atoms with E-state index in [1.54, 1.807) is 13.0 Å². The Balaban J connectivity index is 1.70. The Kier molecular flexibility index (Phi) is 4.14. The average molecular weight is 314 g/mol. The summed E-state index contributed by atoms with van der Waals surface area (Å²) in [6.45, 7) is 1.89. The normalized spacial score (nSPS) is 15.0. The van der Waals surface area contributed by atoms with Gasteiger partial charge in [0.2, 0.25) is 5.91 Å².